The molecule has 0 fully saturated rings. The molecule has 0 heterocycles. The molecule has 10 rings (SSSR count). The Morgan fingerprint density at radius 2 is 1.12 bits per heavy atom. The number of hydrogen-bond acceptors (Lipinski definition) is 2. The second kappa shape index (κ2) is 13.8. The Bertz CT molecular complexity index is 3090. The number of benzene rings is 9. The Hall–Kier alpha value is -7.16. The first kappa shape index (κ1) is 34.3. The summed E-state index contributed by atoms with van der Waals surface area (Å²) in [6.45, 7) is 4.74. The lowest BCUT2D eigenvalue weighted by Gasteiger charge is -2.23. The molecule has 9 aromatic carbocycles. The zero-order valence-corrected chi connectivity index (χ0v) is 32.0. The lowest BCUT2D eigenvalue weighted by atomic mass is 9.80. The fourth-order valence-corrected chi connectivity index (χ4v) is 8.93. The highest BCUT2D eigenvalue weighted by Crippen LogP contribution is 2.54. The first-order chi connectivity index (χ1) is 27.9. The van der Waals surface area contributed by atoms with Gasteiger partial charge in [0.15, 0.2) is 0 Å². The second-order valence-corrected chi connectivity index (χ2v) is 15.5. The molecule has 57 heavy (non-hydrogen) atoms. The summed E-state index contributed by atoms with van der Waals surface area (Å²) in [6.07, 6.45) is 3.82. The van der Waals surface area contributed by atoms with Crippen LogP contribution >= 0.6 is 0 Å². The molecule has 1 aliphatic rings. The van der Waals surface area contributed by atoms with Crippen molar-refractivity contribution in [3.8, 4) is 33.4 Å². The van der Waals surface area contributed by atoms with Crippen molar-refractivity contribution in [3.05, 3.63) is 222 Å². The molecule has 0 unspecified atom stereocenters. The van der Waals surface area contributed by atoms with Gasteiger partial charge in [0.25, 0.3) is 0 Å². The van der Waals surface area contributed by atoms with Gasteiger partial charge in [-0.2, -0.15) is 0 Å². The number of nitrogens with one attached hydrogen (secondary N) is 1. The predicted molar refractivity (Wildman–Crippen MR) is 243 cm³/mol. The van der Waals surface area contributed by atoms with E-state index in [1.54, 1.807) is 0 Å². The topological polar surface area (TPSA) is 36.2 Å². The van der Waals surface area contributed by atoms with E-state index in [0.29, 0.717) is 5.71 Å². The highest BCUT2D eigenvalue weighted by Gasteiger charge is 2.38. The average molecular weight is 729 g/mol. The Morgan fingerprint density at radius 1 is 0.491 bits per heavy atom. The van der Waals surface area contributed by atoms with Crippen LogP contribution in [0.25, 0.3) is 71.4 Å². The fourth-order valence-electron chi connectivity index (χ4n) is 8.93. The van der Waals surface area contributed by atoms with Crippen molar-refractivity contribution in [2.75, 3.05) is 0 Å². The van der Waals surface area contributed by atoms with Gasteiger partial charge in [-0.05, 0) is 94.5 Å². The third-order valence-corrected chi connectivity index (χ3v) is 11.8. The molecule has 0 saturated heterocycles. The third kappa shape index (κ3) is 5.98. The van der Waals surface area contributed by atoms with Gasteiger partial charge in [0.05, 0.1) is 11.4 Å². The molecule has 270 valence electrons. The molecule has 0 atom stereocenters. The molecule has 1 aliphatic carbocycles. The number of rotatable bonds is 7. The van der Waals surface area contributed by atoms with Crippen LogP contribution in [0.2, 0.25) is 0 Å². The van der Waals surface area contributed by atoms with Gasteiger partial charge >= 0.3 is 0 Å². The molecule has 9 aromatic rings. The van der Waals surface area contributed by atoms with E-state index in [2.05, 4.69) is 172 Å². The predicted octanol–water partition coefficient (Wildman–Crippen LogP) is 14.3. The molecule has 0 aliphatic heterocycles. The minimum Gasteiger partial charge on any atom is -0.300 e. The average Bonchev–Trinajstić information content (AvgIpc) is 3.51. The third-order valence-electron chi connectivity index (χ3n) is 11.8. The number of nitrogens with zero attached hydrogens (tertiary/aromatic N) is 1. The number of hydrogen-bond donors (Lipinski definition) is 1. The van der Waals surface area contributed by atoms with Crippen LogP contribution in [-0.2, 0) is 5.41 Å². The maximum Gasteiger partial charge on any atom is 0.0723 e. The highest BCUT2D eigenvalue weighted by molar-refractivity contribution is 6.12. The van der Waals surface area contributed by atoms with Crippen LogP contribution in [0.1, 0.15) is 41.7 Å². The van der Waals surface area contributed by atoms with Crippen LogP contribution in [0.4, 0.5) is 0 Å². The quantitative estimate of drug-likeness (QED) is 0.159. The monoisotopic (exact) mass is 728 g/mol. The number of aliphatic imine (C=N–C) groups is 1. The van der Waals surface area contributed by atoms with Gasteiger partial charge in [-0.3, -0.25) is 4.99 Å². The molecular weight excluding hydrogens is 689 g/mol. The zero-order chi connectivity index (χ0) is 38.5. The summed E-state index contributed by atoms with van der Waals surface area (Å²) in [4.78, 5) is 5.10. The van der Waals surface area contributed by atoms with Crippen molar-refractivity contribution in [1.29, 1.82) is 5.41 Å². The van der Waals surface area contributed by atoms with Crippen molar-refractivity contribution < 1.29 is 0 Å². The van der Waals surface area contributed by atoms with Gasteiger partial charge in [0, 0.05) is 22.8 Å². The minimum atomic E-state index is -0.0961. The summed E-state index contributed by atoms with van der Waals surface area (Å²) >= 11 is 0. The fraction of sp³-hybridized carbons (Fsp3) is 0.0545. The lowest BCUT2D eigenvalue weighted by molar-refractivity contribution is 0.666. The summed E-state index contributed by atoms with van der Waals surface area (Å²) in [6, 6.07) is 66.8. The van der Waals surface area contributed by atoms with E-state index < -0.39 is 0 Å². The normalized spacial score (nSPS) is 13.3. The molecule has 0 spiro atoms. The van der Waals surface area contributed by atoms with E-state index in [1.165, 1.54) is 66.1 Å². The first-order valence-electron chi connectivity index (χ1n) is 19.6. The SMILES string of the molecule is CC1(C)c2cccc(-c3ccc(-c4ccc(C=N/C(=C\C(=N)c5ccccc5)c5ccc6ccccc6c5)c5ccccc45)cc3)c2-c2ccc3ccccc3c21. The summed E-state index contributed by atoms with van der Waals surface area (Å²) in [7, 11) is 0. The maximum absolute atomic E-state index is 8.94. The van der Waals surface area contributed by atoms with Gasteiger partial charge < -0.3 is 5.41 Å². The van der Waals surface area contributed by atoms with Crippen LogP contribution in [0.15, 0.2) is 199 Å². The van der Waals surface area contributed by atoms with Crippen LogP contribution in [0.5, 0.6) is 0 Å². The zero-order valence-electron chi connectivity index (χ0n) is 32.0. The molecule has 0 bridgehead atoms. The van der Waals surface area contributed by atoms with Gasteiger partial charge in [0.1, 0.15) is 0 Å². The van der Waals surface area contributed by atoms with Crippen molar-refractivity contribution in [2.45, 2.75) is 19.3 Å². The Balaban J connectivity index is 1.02. The molecule has 0 amide bonds. The smallest absolute Gasteiger partial charge is 0.0723 e. The van der Waals surface area contributed by atoms with Crippen molar-refractivity contribution in [3.63, 3.8) is 0 Å². The second-order valence-electron chi connectivity index (χ2n) is 15.5. The maximum atomic E-state index is 8.94. The summed E-state index contributed by atoms with van der Waals surface area (Å²) in [5, 5.41) is 16.2. The highest BCUT2D eigenvalue weighted by atomic mass is 14.7. The summed E-state index contributed by atoms with van der Waals surface area (Å²) in [5.74, 6) is 0. The first-order valence-corrected chi connectivity index (χ1v) is 19.6. The van der Waals surface area contributed by atoms with Crippen LogP contribution < -0.4 is 0 Å². The van der Waals surface area contributed by atoms with E-state index in [4.69, 9.17) is 10.4 Å². The standard InChI is InChI=1S/C55H40N2/c1-55(2)50-22-12-21-46(53(50)49-32-29-37-14-8-9-19-47(37)54(49)55)39-26-24-38(25-27-39)45-31-30-43(44-18-10-11-20-48(44)45)35-57-52(34-51(56)40-15-4-3-5-16-40)42-28-23-36-13-6-7-17-41(36)33-42/h3-35,56H,1-2H3/b52-34-,56-51?,57-35?. The van der Waals surface area contributed by atoms with Gasteiger partial charge in [-0.1, -0.05) is 196 Å². The Morgan fingerprint density at radius 3 is 1.91 bits per heavy atom. The Labute approximate surface area is 333 Å². The van der Waals surface area contributed by atoms with E-state index >= 15 is 0 Å². The minimum absolute atomic E-state index is 0.0961. The van der Waals surface area contributed by atoms with Gasteiger partial charge in [0.2, 0.25) is 0 Å². The molecular formula is C55H40N2. The molecule has 0 aromatic heterocycles. The van der Waals surface area contributed by atoms with Crippen LogP contribution in [0.3, 0.4) is 0 Å². The van der Waals surface area contributed by atoms with E-state index in [-0.39, 0.29) is 5.41 Å². The molecule has 2 nitrogen and oxygen atoms in total. The molecule has 2 heteroatoms. The van der Waals surface area contributed by atoms with Crippen molar-refractivity contribution >= 4 is 49.9 Å². The van der Waals surface area contributed by atoms with E-state index in [0.717, 1.165) is 33.2 Å². The van der Waals surface area contributed by atoms with Crippen molar-refractivity contribution in [1.82, 2.24) is 0 Å². The Kier molecular flexibility index (Phi) is 8.34. The molecule has 1 N–H and O–H groups in total. The van der Waals surface area contributed by atoms with Gasteiger partial charge in [-0.15, -0.1) is 0 Å². The van der Waals surface area contributed by atoms with Crippen LogP contribution in [0, 0.1) is 5.41 Å². The molecule has 0 saturated carbocycles. The lowest BCUT2D eigenvalue weighted by Crippen LogP contribution is -2.15. The summed E-state index contributed by atoms with van der Waals surface area (Å²) < 4.78 is 0. The molecule has 0 radical (unpaired) electrons. The number of allylic oxidation sites excluding steroid dienone is 1. The van der Waals surface area contributed by atoms with Crippen molar-refractivity contribution in [2.24, 2.45) is 4.99 Å². The van der Waals surface area contributed by atoms with Gasteiger partial charge in [-0.25, -0.2) is 0 Å². The van der Waals surface area contributed by atoms with E-state index in [9.17, 15) is 0 Å². The van der Waals surface area contributed by atoms with E-state index in [1.807, 2.05) is 42.6 Å². The van der Waals surface area contributed by atoms with Crippen LogP contribution in [-0.4, -0.2) is 11.9 Å². The largest absolute Gasteiger partial charge is 0.300 e. The summed E-state index contributed by atoms with van der Waals surface area (Å²) in [5.41, 5.74) is 14.2. The number of fused-ring (bicyclic) bond motifs is 7.